The average Bonchev–Trinajstić information content (AvgIpc) is 2.93. The highest BCUT2D eigenvalue weighted by Gasteiger charge is 2.27. The molecule has 1 fully saturated rings. The molecule has 3 rings (SSSR count). The number of allylic oxidation sites excluding steroid dienone is 2. The second-order valence-electron chi connectivity index (χ2n) is 7.80. The Hall–Kier alpha value is -2.45. The largest absolute Gasteiger partial charge is 0.490 e. The van der Waals surface area contributed by atoms with Gasteiger partial charge in [0.1, 0.15) is 23.3 Å². The van der Waals surface area contributed by atoms with Crippen molar-refractivity contribution in [3.63, 3.8) is 0 Å². The minimum absolute atomic E-state index is 0.0455. The fourth-order valence-corrected chi connectivity index (χ4v) is 3.67. The molecule has 2 aliphatic rings. The van der Waals surface area contributed by atoms with Crippen LogP contribution in [0, 0.1) is 11.7 Å². The number of piperidine rings is 1. The van der Waals surface area contributed by atoms with E-state index in [1.54, 1.807) is 17.1 Å². The molecule has 0 aromatic heterocycles. The number of rotatable bonds is 6. The molecule has 10 heteroatoms. The standard InChI is InChI=1S/C22H26Cl2FN3O4/c1-13(23)2-3-19(21(24)26)31-11-14-4-6-28(7-5-14)22(30)16-8-18-20(9-17(16)25)32-12-15(29)10-27-18/h2-3,8-9,13-14,27H,4-7,10-12,26H2,1H3/b3-2-,21-19+. The summed E-state index contributed by atoms with van der Waals surface area (Å²) in [7, 11) is 0. The molecule has 1 amide bonds. The summed E-state index contributed by atoms with van der Waals surface area (Å²) in [6.07, 6.45) is 4.75. The van der Waals surface area contributed by atoms with Crippen LogP contribution in [0.2, 0.25) is 0 Å². The van der Waals surface area contributed by atoms with Gasteiger partial charge in [-0.25, -0.2) is 4.39 Å². The van der Waals surface area contributed by atoms with Crippen molar-refractivity contribution in [2.24, 2.45) is 11.7 Å². The van der Waals surface area contributed by atoms with Crippen LogP contribution in [0.5, 0.6) is 5.75 Å². The maximum absolute atomic E-state index is 14.6. The lowest BCUT2D eigenvalue weighted by molar-refractivity contribution is -0.119. The Morgan fingerprint density at radius 1 is 1.44 bits per heavy atom. The van der Waals surface area contributed by atoms with E-state index in [-0.39, 0.29) is 46.7 Å². The first kappa shape index (κ1) is 24.2. The second kappa shape index (κ2) is 10.9. The summed E-state index contributed by atoms with van der Waals surface area (Å²) < 4.78 is 25.6. The van der Waals surface area contributed by atoms with Crippen molar-refractivity contribution in [3.8, 4) is 5.75 Å². The second-order valence-corrected chi connectivity index (χ2v) is 8.90. The van der Waals surface area contributed by atoms with Crippen molar-refractivity contribution in [3.05, 3.63) is 46.6 Å². The molecule has 0 saturated carbocycles. The van der Waals surface area contributed by atoms with Crippen molar-refractivity contribution >= 4 is 40.6 Å². The van der Waals surface area contributed by atoms with Gasteiger partial charge in [-0.1, -0.05) is 17.7 Å². The third kappa shape index (κ3) is 6.29. The zero-order valence-corrected chi connectivity index (χ0v) is 19.2. The number of amides is 1. The van der Waals surface area contributed by atoms with Gasteiger partial charge in [-0.15, -0.1) is 11.6 Å². The van der Waals surface area contributed by atoms with Gasteiger partial charge in [0.25, 0.3) is 5.91 Å². The Morgan fingerprint density at radius 3 is 2.81 bits per heavy atom. The average molecular weight is 486 g/mol. The number of anilines is 1. The summed E-state index contributed by atoms with van der Waals surface area (Å²) in [5.74, 6) is -0.446. The van der Waals surface area contributed by atoms with E-state index in [4.69, 9.17) is 38.4 Å². The predicted molar refractivity (Wildman–Crippen MR) is 121 cm³/mol. The Morgan fingerprint density at radius 2 is 2.16 bits per heavy atom. The van der Waals surface area contributed by atoms with Crippen LogP contribution >= 0.6 is 23.2 Å². The van der Waals surface area contributed by atoms with Gasteiger partial charge in [0.15, 0.2) is 11.5 Å². The molecule has 0 spiro atoms. The Balaban J connectivity index is 1.58. The summed E-state index contributed by atoms with van der Waals surface area (Å²) in [5.41, 5.74) is 6.03. The first-order valence-electron chi connectivity index (χ1n) is 10.4. The molecule has 2 heterocycles. The van der Waals surface area contributed by atoms with Crippen LogP contribution < -0.4 is 15.8 Å². The summed E-state index contributed by atoms with van der Waals surface area (Å²) in [6, 6.07) is 2.56. The first-order chi connectivity index (χ1) is 15.2. The SMILES string of the molecule is CC(Cl)/C=C\C(OCC1CCN(C(=O)c2cc3c(cc2F)OCC(=O)CN3)CC1)=C(/N)Cl. The number of likely N-dealkylation sites (tertiary alicyclic amines) is 1. The molecule has 7 nitrogen and oxygen atoms in total. The summed E-state index contributed by atoms with van der Waals surface area (Å²) in [6.45, 7) is 3.08. The van der Waals surface area contributed by atoms with Crippen LogP contribution in [0.1, 0.15) is 30.1 Å². The quantitative estimate of drug-likeness (QED) is 0.276. The maximum Gasteiger partial charge on any atom is 0.256 e. The zero-order chi connectivity index (χ0) is 23.3. The molecule has 3 N–H and O–H groups in total. The van der Waals surface area contributed by atoms with Crippen LogP contribution in [-0.4, -0.2) is 54.8 Å². The van der Waals surface area contributed by atoms with Crippen LogP contribution in [-0.2, 0) is 9.53 Å². The van der Waals surface area contributed by atoms with Gasteiger partial charge < -0.3 is 25.4 Å². The fraction of sp³-hybridized carbons (Fsp3) is 0.455. The number of fused-ring (bicyclic) bond motifs is 1. The molecule has 174 valence electrons. The lowest BCUT2D eigenvalue weighted by atomic mass is 9.97. The van der Waals surface area contributed by atoms with Gasteiger partial charge >= 0.3 is 0 Å². The number of carbonyl (C=O) groups excluding carboxylic acids is 2. The van der Waals surface area contributed by atoms with E-state index in [1.807, 2.05) is 6.92 Å². The molecule has 0 aliphatic carbocycles. The third-order valence-electron chi connectivity index (χ3n) is 5.29. The summed E-state index contributed by atoms with van der Waals surface area (Å²) >= 11 is 11.8. The van der Waals surface area contributed by atoms with Gasteiger partial charge in [-0.2, -0.15) is 0 Å². The summed E-state index contributed by atoms with van der Waals surface area (Å²) in [4.78, 5) is 26.1. The van der Waals surface area contributed by atoms with Gasteiger partial charge in [0, 0.05) is 24.5 Å². The number of hydrogen-bond donors (Lipinski definition) is 2. The number of carbonyl (C=O) groups is 2. The van der Waals surface area contributed by atoms with E-state index in [2.05, 4.69) is 5.32 Å². The lowest BCUT2D eigenvalue weighted by Gasteiger charge is -2.32. The lowest BCUT2D eigenvalue weighted by Crippen LogP contribution is -2.39. The number of benzene rings is 1. The summed E-state index contributed by atoms with van der Waals surface area (Å²) in [5, 5.41) is 2.75. The zero-order valence-electron chi connectivity index (χ0n) is 17.7. The number of nitrogens with one attached hydrogen (secondary N) is 1. The molecule has 2 aliphatic heterocycles. The van der Waals surface area contributed by atoms with Gasteiger partial charge in [-0.3, -0.25) is 9.59 Å². The molecule has 0 bridgehead atoms. The normalized spacial score (nSPS) is 18.9. The van der Waals surface area contributed by atoms with Crippen LogP contribution in [0.3, 0.4) is 0 Å². The molecule has 1 saturated heterocycles. The van der Waals surface area contributed by atoms with E-state index in [9.17, 15) is 14.0 Å². The number of Topliss-reactive ketones (excluding diaryl/α,β-unsaturated/α-hetero) is 1. The maximum atomic E-state index is 14.6. The van der Waals surface area contributed by atoms with E-state index >= 15 is 0 Å². The van der Waals surface area contributed by atoms with Crippen molar-refractivity contribution in [1.29, 1.82) is 0 Å². The highest BCUT2D eigenvalue weighted by molar-refractivity contribution is 6.29. The minimum Gasteiger partial charge on any atom is -0.490 e. The van der Waals surface area contributed by atoms with E-state index in [1.165, 1.54) is 6.07 Å². The predicted octanol–water partition coefficient (Wildman–Crippen LogP) is 3.62. The van der Waals surface area contributed by atoms with Crippen LogP contribution in [0.25, 0.3) is 0 Å². The van der Waals surface area contributed by atoms with E-state index in [0.29, 0.717) is 44.0 Å². The topological polar surface area (TPSA) is 93.9 Å². The molecular weight excluding hydrogens is 460 g/mol. The van der Waals surface area contributed by atoms with Crippen molar-refractivity contribution in [2.75, 3.05) is 38.2 Å². The van der Waals surface area contributed by atoms with Crippen molar-refractivity contribution < 1.29 is 23.5 Å². The number of nitrogens with zero attached hydrogens (tertiary/aromatic N) is 1. The molecule has 1 atom stereocenters. The van der Waals surface area contributed by atoms with Crippen LogP contribution in [0.15, 0.2) is 35.2 Å². The molecule has 0 radical (unpaired) electrons. The Kier molecular flexibility index (Phi) is 8.26. The number of ether oxygens (including phenoxy) is 2. The van der Waals surface area contributed by atoms with Crippen LogP contribution in [0.4, 0.5) is 10.1 Å². The highest BCUT2D eigenvalue weighted by Crippen LogP contribution is 2.31. The number of alkyl halides is 1. The fourth-order valence-electron chi connectivity index (χ4n) is 3.48. The van der Waals surface area contributed by atoms with Gasteiger partial charge in [0.05, 0.1) is 24.4 Å². The van der Waals surface area contributed by atoms with Crippen molar-refractivity contribution in [1.82, 2.24) is 4.90 Å². The van der Waals surface area contributed by atoms with E-state index in [0.717, 1.165) is 6.07 Å². The smallest absolute Gasteiger partial charge is 0.256 e. The minimum atomic E-state index is -0.678. The Bertz CT molecular complexity index is 924. The Labute approximate surface area is 196 Å². The molecule has 1 aromatic rings. The number of ketones is 1. The number of halogens is 3. The first-order valence-corrected chi connectivity index (χ1v) is 11.2. The molecular formula is C22H26Cl2FN3O4. The van der Waals surface area contributed by atoms with Gasteiger partial charge in [0.2, 0.25) is 0 Å². The number of hydrogen-bond acceptors (Lipinski definition) is 6. The molecule has 32 heavy (non-hydrogen) atoms. The third-order valence-corrected chi connectivity index (χ3v) is 5.62. The van der Waals surface area contributed by atoms with E-state index < -0.39 is 11.7 Å². The number of nitrogens with two attached hydrogens (primary N) is 1. The van der Waals surface area contributed by atoms with Crippen molar-refractivity contribution in [2.45, 2.75) is 25.1 Å². The highest BCUT2D eigenvalue weighted by atomic mass is 35.5. The molecule has 1 aromatic carbocycles. The van der Waals surface area contributed by atoms with Gasteiger partial charge in [-0.05, 0) is 37.8 Å². The molecule has 1 unspecified atom stereocenters. The monoisotopic (exact) mass is 485 g/mol.